The van der Waals surface area contributed by atoms with Crippen LogP contribution in [0.5, 0.6) is 0 Å². The van der Waals surface area contributed by atoms with Crippen LogP contribution in [0.2, 0.25) is 0 Å². The standard InChI is InChI=1S/C18H27N3O3.ClH/c1-12(2)17(18(24)20-10-14-9-19-11-15(14)22)21-16(23)8-13-6-4-3-5-7-13;/h3-7,12,14-15,17,19,22H,8-11H2,1-2H3,(H,20,24)(H,21,23);1H. The van der Waals surface area contributed by atoms with Gasteiger partial charge in [0.15, 0.2) is 0 Å². The highest BCUT2D eigenvalue weighted by molar-refractivity contribution is 5.88. The van der Waals surface area contributed by atoms with Crippen molar-refractivity contribution in [2.24, 2.45) is 11.8 Å². The minimum Gasteiger partial charge on any atom is -0.391 e. The molecular weight excluding hydrogens is 342 g/mol. The number of benzene rings is 1. The van der Waals surface area contributed by atoms with Gasteiger partial charge >= 0.3 is 0 Å². The van der Waals surface area contributed by atoms with Crippen molar-refractivity contribution in [3.8, 4) is 0 Å². The quantitative estimate of drug-likeness (QED) is 0.563. The van der Waals surface area contributed by atoms with Gasteiger partial charge in [0.1, 0.15) is 6.04 Å². The molecule has 1 heterocycles. The summed E-state index contributed by atoms with van der Waals surface area (Å²) in [6.07, 6.45) is -0.182. The van der Waals surface area contributed by atoms with E-state index >= 15 is 0 Å². The normalized spacial score (nSPS) is 20.6. The second kappa shape index (κ2) is 10.4. The molecule has 1 aromatic carbocycles. The summed E-state index contributed by atoms with van der Waals surface area (Å²) in [6.45, 7) is 5.46. The molecule has 3 atom stereocenters. The summed E-state index contributed by atoms with van der Waals surface area (Å²) in [4.78, 5) is 24.6. The van der Waals surface area contributed by atoms with E-state index in [1.807, 2.05) is 44.2 Å². The van der Waals surface area contributed by atoms with E-state index in [1.165, 1.54) is 0 Å². The summed E-state index contributed by atoms with van der Waals surface area (Å²) in [5.41, 5.74) is 0.915. The Morgan fingerprint density at radius 3 is 2.48 bits per heavy atom. The molecule has 3 unspecified atom stereocenters. The molecule has 25 heavy (non-hydrogen) atoms. The van der Waals surface area contributed by atoms with Crippen molar-refractivity contribution in [3.05, 3.63) is 35.9 Å². The zero-order valence-corrected chi connectivity index (χ0v) is 15.5. The number of carbonyl (C=O) groups excluding carboxylic acids is 2. The van der Waals surface area contributed by atoms with Gasteiger partial charge in [0, 0.05) is 25.6 Å². The number of β-amino-alcohol motifs (C(OH)–C–C–N with tert-alkyl or cyclic N) is 1. The number of carbonyl (C=O) groups is 2. The topological polar surface area (TPSA) is 90.5 Å². The third kappa shape index (κ3) is 6.65. The van der Waals surface area contributed by atoms with Crippen LogP contribution in [-0.4, -0.2) is 48.7 Å². The molecule has 1 aromatic rings. The van der Waals surface area contributed by atoms with Crippen LogP contribution in [0, 0.1) is 11.8 Å². The molecule has 1 aliphatic rings. The van der Waals surface area contributed by atoms with E-state index in [0.29, 0.717) is 19.6 Å². The third-order valence-corrected chi connectivity index (χ3v) is 4.32. The maximum atomic E-state index is 12.4. The molecule has 4 N–H and O–H groups in total. The van der Waals surface area contributed by atoms with Gasteiger partial charge in [0.25, 0.3) is 0 Å². The highest BCUT2D eigenvalue weighted by atomic mass is 35.5. The number of halogens is 1. The summed E-state index contributed by atoms with van der Waals surface area (Å²) >= 11 is 0. The molecule has 0 aliphatic carbocycles. The Kier molecular flexibility index (Phi) is 8.89. The molecule has 1 aliphatic heterocycles. The number of hydrogen-bond acceptors (Lipinski definition) is 4. The first-order chi connectivity index (χ1) is 11.5. The van der Waals surface area contributed by atoms with Gasteiger partial charge in [-0.1, -0.05) is 44.2 Å². The number of amides is 2. The van der Waals surface area contributed by atoms with Crippen LogP contribution in [0.15, 0.2) is 30.3 Å². The first kappa shape index (κ1) is 21.4. The molecule has 1 saturated heterocycles. The number of rotatable bonds is 7. The average molecular weight is 370 g/mol. The van der Waals surface area contributed by atoms with Gasteiger partial charge < -0.3 is 21.1 Å². The number of aliphatic hydroxyl groups is 1. The molecule has 2 amide bonds. The largest absolute Gasteiger partial charge is 0.391 e. The zero-order chi connectivity index (χ0) is 17.5. The van der Waals surface area contributed by atoms with Gasteiger partial charge in [-0.3, -0.25) is 9.59 Å². The Hall–Kier alpha value is -1.63. The van der Waals surface area contributed by atoms with Gasteiger partial charge in [0.05, 0.1) is 12.5 Å². The van der Waals surface area contributed by atoms with Crippen molar-refractivity contribution in [3.63, 3.8) is 0 Å². The Morgan fingerprint density at radius 1 is 1.24 bits per heavy atom. The van der Waals surface area contributed by atoms with Crippen molar-refractivity contribution >= 4 is 24.2 Å². The van der Waals surface area contributed by atoms with E-state index in [4.69, 9.17) is 0 Å². The fraction of sp³-hybridized carbons (Fsp3) is 0.556. The van der Waals surface area contributed by atoms with E-state index in [-0.39, 0.29) is 42.5 Å². The fourth-order valence-corrected chi connectivity index (χ4v) is 2.81. The van der Waals surface area contributed by atoms with Crippen LogP contribution in [0.25, 0.3) is 0 Å². The van der Waals surface area contributed by atoms with Gasteiger partial charge in [-0.15, -0.1) is 12.4 Å². The number of nitrogens with one attached hydrogen (secondary N) is 3. The predicted molar refractivity (Wildman–Crippen MR) is 99.5 cm³/mol. The maximum Gasteiger partial charge on any atom is 0.242 e. The summed E-state index contributed by atoms with van der Waals surface area (Å²) in [7, 11) is 0. The van der Waals surface area contributed by atoms with Crippen LogP contribution in [0.4, 0.5) is 0 Å². The van der Waals surface area contributed by atoms with E-state index in [9.17, 15) is 14.7 Å². The molecular formula is C18H28ClN3O3. The number of aliphatic hydroxyl groups excluding tert-OH is 1. The highest BCUT2D eigenvalue weighted by Gasteiger charge is 2.28. The van der Waals surface area contributed by atoms with E-state index in [2.05, 4.69) is 16.0 Å². The first-order valence-electron chi connectivity index (χ1n) is 8.47. The second-order valence-electron chi connectivity index (χ2n) is 6.68. The molecule has 0 aromatic heterocycles. The lowest BCUT2D eigenvalue weighted by atomic mass is 10.0. The lowest BCUT2D eigenvalue weighted by Gasteiger charge is -2.23. The summed E-state index contributed by atoms with van der Waals surface area (Å²) in [5, 5.41) is 18.5. The van der Waals surface area contributed by atoms with Crippen LogP contribution in [0.3, 0.4) is 0 Å². The fourth-order valence-electron chi connectivity index (χ4n) is 2.81. The minimum atomic E-state index is -0.576. The SMILES string of the molecule is CC(C)C(NC(=O)Cc1ccccc1)C(=O)NCC1CNCC1O.Cl. The van der Waals surface area contributed by atoms with E-state index in [1.54, 1.807) is 0 Å². The van der Waals surface area contributed by atoms with Crippen molar-refractivity contribution in [2.75, 3.05) is 19.6 Å². The van der Waals surface area contributed by atoms with Gasteiger partial charge in [-0.05, 0) is 11.5 Å². The Morgan fingerprint density at radius 2 is 1.92 bits per heavy atom. The molecule has 2 rings (SSSR count). The molecule has 6 nitrogen and oxygen atoms in total. The Balaban J connectivity index is 0.00000312. The molecule has 7 heteroatoms. The average Bonchev–Trinajstić information content (AvgIpc) is 2.96. The van der Waals surface area contributed by atoms with Crippen LogP contribution >= 0.6 is 12.4 Å². The molecule has 0 saturated carbocycles. The summed E-state index contributed by atoms with van der Waals surface area (Å²) in [5.74, 6) is -0.374. The molecule has 140 valence electrons. The van der Waals surface area contributed by atoms with E-state index in [0.717, 1.165) is 5.56 Å². The lowest BCUT2D eigenvalue weighted by Crippen LogP contribution is -2.51. The Bertz CT molecular complexity index is 554. The monoisotopic (exact) mass is 369 g/mol. The number of hydrogen-bond donors (Lipinski definition) is 4. The Labute approximate surface area is 155 Å². The minimum absolute atomic E-state index is 0. The summed E-state index contributed by atoms with van der Waals surface area (Å²) < 4.78 is 0. The third-order valence-electron chi connectivity index (χ3n) is 4.32. The second-order valence-corrected chi connectivity index (χ2v) is 6.68. The van der Waals surface area contributed by atoms with Crippen molar-refractivity contribution in [2.45, 2.75) is 32.4 Å². The first-order valence-corrected chi connectivity index (χ1v) is 8.47. The van der Waals surface area contributed by atoms with Crippen molar-refractivity contribution < 1.29 is 14.7 Å². The van der Waals surface area contributed by atoms with Gasteiger partial charge in [-0.25, -0.2) is 0 Å². The lowest BCUT2D eigenvalue weighted by molar-refractivity contribution is -0.130. The van der Waals surface area contributed by atoms with E-state index < -0.39 is 12.1 Å². The molecule has 0 bridgehead atoms. The maximum absolute atomic E-state index is 12.4. The molecule has 0 spiro atoms. The highest BCUT2D eigenvalue weighted by Crippen LogP contribution is 2.08. The smallest absolute Gasteiger partial charge is 0.242 e. The van der Waals surface area contributed by atoms with Crippen molar-refractivity contribution in [1.82, 2.24) is 16.0 Å². The van der Waals surface area contributed by atoms with Gasteiger partial charge in [0.2, 0.25) is 11.8 Å². The zero-order valence-electron chi connectivity index (χ0n) is 14.7. The predicted octanol–water partition coefficient (Wildman–Crippen LogP) is 0.488. The molecule has 1 fully saturated rings. The van der Waals surface area contributed by atoms with Gasteiger partial charge in [-0.2, -0.15) is 0 Å². The van der Waals surface area contributed by atoms with Crippen LogP contribution in [0.1, 0.15) is 19.4 Å². The summed E-state index contributed by atoms with van der Waals surface area (Å²) in [6, 6.07) is 8.87. The van der Waals surface area contributed by atoms with Crippen LogP contribution in [-0.2, 0) is 16.0 Å². The van der Waals surface area contributed by atoms with Crippen molar-refractivity contribution in [1.29, 1.82) is 0 Å². The van der Waals surface area contributed by atoms with Crippen LogP contribution < -0.4 is 16.0 Å². The molecule has 0 radical (unpaired) electrons.